The van der Waals surface area contributed by atoms with Crippen molar-refractivity contribution < 1.29 is 14.7 Å². The zero-order valence-electron chi connectivity index (χ0n) is 8.77. The molecule has 0 aliphatic rings. The van der Waals surface area contributed by atoms with Crippen LogP contribution in [-0.4, -0.2) is 23.5 Å². The van der Waals surface area contributed by atoms with E-state index >= 15 is 0 Å². The van der Waals surface area contributed by atoms with E-state index < -0.39 is 5.97 Å². The summed E-state index contributed by atoms with van der Waals surface area (Å²) in [5.74, 6) is -1.36. The van der Waals surface area contributed by atoms with Crippen molar-refractivity contribution >= 4 is 18.0 Å². The molecule has 0 fully saturated rings. The van der Waals surface area contributed by atoms with Gasteiger partial charge in [-0.05, 0) is 11.1 Å². The molecular formula is C12H13NO3. The van der Waals surface area contributed by atoms with Crippen molar-refractivity contribution in [2.45, 2.75) is 6.42 Å². The third-order valence-corrected chi connectivity index (χ3v) is 2.06. The Morgan fingerprint density at radius 2 is 2.06 bits per heavy atom. The summed E-state index contributed by atoms with van der Waals surface area (Å²) in [7, 11) is 0. The first kappa shape index (κ1) is 12.0. The lowest BCUT2D eigenvalue weighted by Gasteiger charge is -2.05. The third kappa shape index (κ3) is 3.57. The highest BCUT2D eigenvalue weighted by molar-refractivity contribution is 5.83. The van der Waals surface area contributed by atoms with Crippen molar-refractivity contribution in [1.29, 1.82) is 0 Å². The smallest absolute Gasteiger partial charge is 0.322 e. The molecule has 0 atom stereocenters. The van der Waals surface area contributed by atoms with Crippen molar-refractivity contribution in [3.05, 3.63) is 42.0 Å². The number of amides is 1. The second-order valence-electron chi connectivity index (χ2n) is 3.25. The minimum atomic E-state index is -1.05. The summed E-state index contributed by atoms with van der Waals surface area (Å²) in [5.41, 5.74) is 1.72. The number of aliphatic carboxylic acids is 1. The molecule has 0 bridgehead atoms. The van der Waals surface area contributed by atoms with E-state index in [0.29, 0.717) is 0 Å². The number of benzene rings is 1. The van der Waals surface area contributed by atoms with E-state index in [0.717, 1.165) is 11.1 Å². The van der Waals surface area contributed by atoms with Gasteiger partial charge in [-0.25, -0.2) is 0 Å². The number of carboxylic acid groups (broad SMARTS) is 1. The maximum atomic E-state index is 11.4. The lowest BCUT2D eigenvalue weighted by atomic mass is 10.0. The van der Waals surface area contributed by atoms with Crippen molar-refractivity contribution in [1.82, 2.24) is 5.32 Å². The molecule has 4 heteroatoms. The second-order valence-corrected chi connectivity index (χ2v) is 3.25. The summed E-state index contributed by atoms with van der Waals surface area (Å²) in [4.78, 5) is 21.6. The monoisotopic (exact) mass is 219 g/mol. The SMILES string of the molecule is C=Cc1ccccc1CC(=O)NCC(=O)O. The van der Waals surface area contributed by atoms with Gasteiger partial charge in [0.2, 0.25) is 5.91 Å². The van der Waals surface area contributed by atoms with E-state index in [-0.39, 0.29) is 18.9 Å². The highest BCUT2D eigenvalue weighted by Crippen LogP contribution is 2.10. The van der Waals surface area contributed by atoms with Gasteiger partial charge >= 0.3 is 5.97 Å². The predicted octanol–water partition coefficient (Wildman–Crippen LogP) is 1.07. The Morgan fingerprint density at radius 3 is 2.69 bits per heavy atom. The average molecular weight is 219 g/mol. The summed E-state index contributed by atoms with van der Waals surface area (Å²) in [6, 6.07) is 7.35. The maximum absolute atomic E-state index is 11.4. The van der Waals surface area contributed by atoms with Crippen molar-refractivity contribution in [3.8, 4) is 0 Å². The van der Waals surface area contributed by atoms with Crippen LogP contribution in [0.5, 0.6) is 0 Å². The fraction of sp³-hybridized carbons (Fsp3) is 0.167. The molecule has 4 nitrogen and oxygen atoms in total. The van der Waals surface area contributed by atoms with Crippen LogP contribution in [0.1, 0.15) is 11.1 Å². The van der Waals surface area contributed by atoms with Gasteiger partial charge in [0, 0.05) is 0 Å². The molecule has 0 aliphatic carbocycles. The Morgan fingerprint density at radius 1 is 1.38 bits per heavy atom. The molecule has 2 N–H and O–H groups in total. The standard InChI is InChI=1S/C12H13NO3/c1-2-9-5-3-4-6-10(9)7-11(14)13-8-12(15)16/h2-6H,1,7-8H2,(H,13,14)(H,15,16). The summed E-state index contributed by atoms with van der Waals surface area (Å²) < 4.78 is 0. The van der Waals surface area contributed by atoms with E-state index in [1.807, 2.05) is 24.3 Å². The zero-order valence-corrected chi connectivity index (χ0v) is 8.77. The van der Waals surface area contributed by atoms with Crippen LogP contribution in [-0.2, 0) is 16.0 Å². The number of carbonyl (C=O) groups is 2. The molecule has 0 saturated heterocycles. The van der Waals surface area contributed by atoms with Gasteiger partial charge in [-0.1, -0.05) is 36.9 Å². The van der Waals surface area contributed by atoms with Crippen molar-refractivity contribution in [2.75, 3.05) is 6.54 Å². The van der Waals surface area contributed by atoms with E-state index in [4.69, 9.17) is 5.11 Å². The predicted molar refractivity (Wildman–Crippen MR) is 60.9 cm³/mol. The molecule has 0 aliphatic heterocycles. The number of hydrogen-bond donors (Lipinski definition) is 2. The summed E-state index contributed by atoms with van der Waals surface area (Å²) in [5, 5.41) is 10.7. The average Bonchev–Trinajstić information content (AvgIpc) is 2.27. The van der Waals surface area contributed by atoms with Gasteiger partial charge in [-0.2, -0.15) is 0 Å². The first-order valence-corrected chi connectivity index (χ1v) is 4.82. The lowest BCUT2D eigenvalue weighted by molar-refractivity contribution is -0.137. The van der Waals surface area contributed by atoms with Crippen molar-refractivity contribution in [2.24, 2.45) is 0 Å². The quantitative estimate of drug-likeness (QED) is 0.778. The fourth-order valence-corrected chi connectivity index (χ4v) is 1.30. The molecule has 1 aromatic rings. The minimum Gasteiger partial charge on any atom is -0.480 e. The summed E-state index contributed by atoms with van der Waals surface area (Å²) >= 11 is 0. The second kappa shape index (κ2) is 5.70. The van der Waals surface area contributed by atoms with Gasteiger partial charge in [0.15, 0.2) is 0 Å². The molecule has 84 valence electrons. The van der Waals surface area contributed by atoms with Gasteiger partial charge < -0.3 is 10.4 Å². The van der Waals surface area contributed by atoms with Gasteiger partial charge in [-0.15, -0.1) is 0 Å². The van der Waals surface area contributed by atoms with E-state index in [9.17, 15) is 9.59 Å². The van der Waals surface area contributed by atoms with Crippen LogP contribution >= 0.6 is 0 Å². The number of hydrogen-bond acceptors (Lipinski definition) is 2. The van der Waals surface area contributed by atoms with Gasteiger partial charge in [0.05, 0.1) is 6.42 Å². The molecule has 0 spiro atoms. The van der Waals surface area contributed by atoms with Crippen LogP contribution in [0.3, 0.4) is 0 Å². The Labute approximate surface area is 93.6 Å². The van der Waals surface area contributed by atoms with Crippen LogP contribution in [0.15, 0.2) is 30.8 Å². The number of carboxylic acids is 1. The van der Waals surface area contributed by atoms with E-state index in [1.165, 1.54) is 0 Å². The van der Waals surface area contributed by atoms with E-state index in [1.54, 1.807) is 6.08 Å². The first-order chi connectivity index (χ1) is 7.63. The third-order valence-electron chi connectivity index (χ3n) is 2.06. The normalized spacial score (nSPS) is 9.50. The molecule has 1 aromatic carbocycles. The Balaban J connectivity index is 2.62. The minimum absolute atomic E-state index is 0.162. The molecular weight excluding hydrogens is 206 g/mol. The maximum Gasteiger partial charge on any atom is 0.322 e. The molecule has 1 amide bonds. The Hall–Kier alpha value is -2.10. The lowest BCUT2D eigenvalue weighted by Crippen LogP contribution is -2.30. The van der Waals surface area contributed by atoms with Gasteiger partial charge in [-0.3, -0.25) is 9.59 Å². The summed E-state index contributed by atoms with van der Waals surface area (Å²) in [6.07, 6.45) is 1.83. The molecule has 1 rings (SSSR count). The number of nitrogens with one attached hydrogen (secondary N) is 1. The van der Waals surface area contributed by atoms with Gasteiger partial charge in [0.25, 0.3) is 0 Å². The van der Waals surface area contributed by atoms with E-state index in [2.05, 4.69) is 11.9 Å². The molecule has 0 aromatic heterocycles. The zero-order chi connectivity index (χ0) is 12.0. The molecule has 0 heterocycles. The topological polar surface area (TPSA) is 66.4 Å². The molecule has 0 saturated carbocycles. The fourth-order valence-electron chi connectivity index (χ4n) is 1.30. The van der Waals surface area contributed by atoms with Crippen LogP contribution in [0.25, 0.3) is 6.08 Å². The molecule has 0 radical (unpaired) electrons. The van der Waals surface area contributed by atoms with Crippen LogP contribution < -0.4 is 5.32 Å². The van der Waals surface area contributed by atoms with Crippen LogP contribution in [0, 0.1) is 0 Å². The van der Waals surface area contributed by atoms with Crippen LogP contribution in [0.2, 0.25) is 0 Å². The highest BCUT2D eigenvalue weighted by atomic mass is 16.4. The summed E-state index contributed by atoms with van der Waals surface area (Å²) in [6.45, 7) is 3.30. The van der Waals surface area contributed by atoms with Crippen molar-refractivity contribution in [3.63, 3.8) is 0 Å². The number of rotatable bonds is 5. The Bertz CT molecular complexity index is 412. The first-order valence-electron chi connectivity index (χ1n) is 4.82. The molecule has 16 heavy (non-hydrogen) atoms. The van der Waals surface area contributed by atoms with Gasteiger partial charge in [0.1, 0.15) is 6.54 Å². The van der Waals surface area contributed by atoms with Crippen LogP contribution in [0.4, 0.5) is 0 Å². The largest absolute Gasteiger partial charge is 0.480 e. The molecule has 0 unspecified atom stereocenters. The highest BCUT2D eigenvalue weighted by Gasteiger charge is 2.06. The number of carbonyl (C=O) groups excluding carboxylic acids is 1. The Kier molecular flexibility index (Phi) is 4.27.